The van der Waals surface area contributed by atoms with Gasteiger partial charge in [0.15, 0.2) is 0 Å². The van der Waals surface area contributed by atoms with Crippen LogP contribution < -0.4 is 10.5 Å². The Kier molecular flexibility index (Phi) is 6.26. The van der Waals surface area contributed by atoms with Crippen LogP contribution in [-0.4, -0.2) is 12.5 Å². The van der Waals surface area contributed by atoms with E-state index in [1.807, 2.05) is 0 Å². The van der Waals surface area contributed by atoms with Gasteiger partial charge in [0.05, 0.1) is 0 Å². The molecule has 0 fully saturated rings. The molecule has 0 aliphatic carbocycles. The quantitative estimate of drug-likeness (QED) is 0.565. The van der Waals surface area contributed by atoms with Crippen LogP contribution in [0.2, 0.25) is 0 Å². The molecule has 0 aliphatic rings. The number of hydrogen-bond donors (Lipinski definition) is 1. The maximum Gasteiger partial charge on any atom is 0.461 e. The van der Waals surface area contributed by atoms with Gasteiger partial charge in [-0.15, -0.1) is 0 Å². The van der Waals surface area contributed by atoms with Gasteiger partial charge < -0.3 is 10.5 Å². The smallest absolute Gasteiger partial charge is 0.428 e. The van der Waals surface area contributed by atoms with E-state index in [1.54, 1.807) is 0 Å². The van der Waals surface area contributed by atoms with Crippen LogP contribution in [0.15, 0.2) is 24.3 Å². The molecular weight excluding hydrogens is 274 g/mol. The molecule has 1 aromatic rings. The Morgan fingerprint density at radius 2 is 1.75 bits per heavy atom. The molecule has 0 saturated heterocycles. The molecule has 0 spiro atoms. The van der Waals surface area contributed by atoms with Gasteiger partial charge in [-0.1, -0.05) is 38.3 Å². The predicted molar refractivity (Wildman–Crippen MR) is 69.1 cm³/mol. The molecule has 0 radical (unpaired) electrons. The Bertz CT molecular complexity index is 395. The summed E-state index contributed by atoms with van der Waals surface area (Å²) in [5.41, 5.74) is 6.72. The Labute approximate surface area is 115 Å². The van der Waals surface area contributed by atoms with Crippen LogP contribution in [0, 0.1) is 0 Å². The molecular formula is C14H19F4NO. The number of benzene rings is 1. The molecule has 0 bridgehead atoms. The summed E-state index contributed by atoms with van der Waals surface area (Å²) >= 11 is 0. The van der Waals surface area contributed by atoms with Gasteiger partial charge in [-0.2, -0.15) is 17.6 Å². The van der Waals surface area contributed by atoms with Crippen molar-refractivity contribution in [3.8, 4) is 5.75 Å². The standard InChI is InChI=1S/C14H19F4NO/c1-2-3-4-5-12(19)10-6-8-11(9-7-10)20-14(17,18)13(15)16/h6-9,12-13H,2-5,19H2,1H3/t12-/m0/s1. The molecule has 2 nitrogen and oxygen atoms in total. The normalized spacial score (nSPS) is 13.6. The maximum atomic E-state index is 12.7. The van der Waals surface area contributed by atoms with E-state index in [4.69, 9.17) is 5.73 Å². The van der Waals surface area contributed by atoms with Crippen LogP contribution in [-0.2, 0) is 0 Å². The first-order valence-electron chi connectivity index (χ1n) is 6.57. The minimum atomic E-state index is -4.48. The molecule has 0 heterocycles. The molecule has 1 aromatic carbocycles. The van der Waals surface area contributed by atoms with E-state index in [0.29, 0.717) is 0 Å². The number of ether oxygens (including phenoxy) is 1. The summed E-state index contributed by atoms with van der Waals surface area (Å²) in [5.74, 6) is -0.306. The van der Waals surface area contributed by atoms with Crippen molar-refractivity contribution in [1.82, 2.24) is 0 Å². The number of nitrogens with two attached hydrogens (primary N) is 1. The summed E-state index contributed by atoms with van der Waals surface area (Å²) < 4.78 is 53.3. The second kappa shape index (κ2) is 7.47. The number of rotatable bonds is 8. The number of alkyl halides is 4. The van der Waals surface area contributed by atoms with Crippen molar-refractivity contribution in [1.29, 1.82) is 0 Å². The molecule has 0 saturated carbocycles. The first kappa shape index (κ1) is 16.8. The highest BCUT2D eigenvalue weighted by atomic mass is 19.3. The first-order chi connectivity index (χ1) is 9.36. The van der Waals surface area contributed by atoms with Gasteiger partial charge in [0.1, 0.15) is 5.75 Å². The lowest BCUT2D eigenvalue weighted by molar-refractivity contribution is -0.253. The van der Waals surface area contributed by atoms with Gasteiger partial charge in [-0.05, 0) is 24.1 Å². The maximum absolute atomic E-state index is 12.7. The van der Waals surface area contributed by atoms with Gasteiger partial charge in [-0.25, -0.2) is 0 Å². The fraction of sp³-hybridized carbons (Fsp3) is 0.571. The van der Waals surface area contributed by atoms with Crippen molar-refractivity contribution < 1.29 is 22.3 Å². The SMILES string of the molecule is CCCCC[C@H](N)c1ccc(OC(F)(F)C(F)F)cc1. The highest BCUT2D eigenvalue weighted by Gasteiger charge is 2.43. The van der Waals surface area contributed by atoms with Gasteiger partial charge in [0.2, 0.25) is 0 Å². The molecule has 2 N–H and O–H groups in total. The van der Waals surface area contributed by atoms with Gasteiger partial charge in [0.25, 0.3) is 0 Å². The lowest BCUT2D eigenvalue weighted by Gasteiger charge is -2.17. The van der Waals surface area contributed by atoms with E-state index in [9.17, 15) is 17.6 Å². The van der Waals surface area contributed by atoms with E-state index < -0.39 is 12.5 Å². The number of unbranched alkanes of at least 4 members (excludes halogenated alkanes) is 2. The summed E-state index contributed by atoms with van der Waals surface area (Å²) in [4.78, 5) is 0. The van der Waals surface area contributed by atoms with E-state index in [0.717, 1.165) is 31.2 Å². The zero-order chi connectivity index (χ0) is 15.2. The average Bonchev–Trinajstić information content (AvgIpc) is 2.39. The Hall–Kier alpha value is -1.30. The number of halogens is 4. The van der Waals surface area contributed by atoms with E-state index in [2.05, 4.69) is 11.7 Å². The number of hydrogen-bond acceptors (Lipinski definition) is 2. The van der Waals surface area contributed by atoms with Gasteiger partial charge in [0, 0.05) is 6.04 Å². The molecule has 0 unspecified atom stereocenters. The van der Waals surface area contributed by atoms with Crippen LogP contribution in [0.5, 0.6) is 5.75 Å². The van der Waals surface area contributed by atoms with E-state index in [1.165, 1.54) is 24.3 Å². The Morgan fingerprint density at radius 3 is 2.25 bits per heavy atom. The van der Waals surface area contributed by atoms with E-state index in [-0.39, 0.29) is 11.8 Å². The van der Waals surface area contributed by atoms with Crippen LogP contribution in [0.3, 0.4) is 0 Å². The zero-order valence-corrected chi connectivity index (χ0v) is 11.3. The summed E-state index contributed by atoms with van der Waals surface area (Å²) in [6.45, 7) is 2.08. The van der Waals surface area contributed by atoms with Crippen molar-refractivity contribution in [2.75, 3.05) is 0 Å². The third kappa shape index (κ3) is 5.00. The predicted octanol–water partition coefficient (Wildman–Crippen LogP) is 4.50. The molecule has 20 heavy (non-hydrogen) atoms. The second-order valence-corrected chi connectivity index (χ2v) is 4.64. The van der Waals surface area contributed by atoms with Crippen molar-refractivity contribution in [3.05, 3.63) is 29.8 Å². The zero-order valence-electron chi connectivity index (χ0n) is 11.3. The fourth-order valence-electron chi connectivity index (χ4n) is 1.77. The summed E-state index contributed by atoms with van der Waals surface area (Å²) in [7, 11) is 0. The third-order valence-electron chi connectivity index (χ3n) is 2.93. The molecule has 114 valence electrons. The van der Waals surface area contributed by atoms with Crippen molar-refractivity contribution in [2.24, 2.45) is 5.73 Å². The molecule has 1 rings (SSSR count). The van der Waals surface area contributed by atoms with Crippen LogP contribution >= 0.6 is 0 Å². The minimum absolute atomic E-state index is 0.189. The summed E-state index contributed by atoms with van der Waals surface area (Å²) in [6, 6.07) is 5.31. The monoisotopic (exact) mass is 293 g/mol. The molecule has 0 aliphatic heterocycles. The van der Waals surface area contributed by atoms with Crippen LogP contribution in [0.4, 0.5) is 17.6 Å². The van der Waals surface area contributed by atoms with E-state index >= 15 is 0 Å². The molecule has 0 aromatic heterocycles. The molecule has 1 atom stereocenters. The van der Waals surface area contributed by atoms with Crippen LogP contribution in [0.1, 0.15) is 44.2 Å². The van der Waals surface area contributed by atoms with Crippen molar-refractivity contribution >= 4 is 0 Å². The van der Waals surface area contributed by atoms with Crippen molar-refractivity contribution in [2.45, 2.75) is 51.2 Å². The van der Waals surface area contributed by atoms with Crippen molar-refractivity contribution in [3.63, 3.8) is 0 Å². The summed E-state index contributed by atoms with van der Waals surface area (Å²) in [6.07, 6.45) is -4.40. The average molecular weight is 293 g/mol. The molecule has 6 heteroatoms. The largest absolute Gasteiger partial charge is 0.461 e. The first-order valence-corrected chi connectivity index (χ1v) is 6.57. The molecule has 0 amide bonds. The Balaban J connectivity index is 2.60. The third-order valence-corrected chi connectivity index (χ3v) is 2.93. The second-order valence-electron chi connectivity index (χ2n) is 4.64. The van der Waals surface area contributed by atoms with Gasteiger partial charge >= 0.3 is 12.5 Å². The van der Waals surface area contributed by atoms with Gasteiger partial charge in [-0.3, -0.25) is 0 Å². The lowest BCUT2D eigenvalue weighted by Crippen LogP contribution is -2.33. The highest BCUT2D eigenvalue weighted by molar-refractivity contribution is 5.29. The fourth-order valence-corrected chi connectivity index (χ4v) is 1.77. The highest BCUT2D eigenvalue weighted by Crippen LogP contribution is 2.28. The minimum Gasteiger partial charge on any atom is -0.428 e. The Morgan fingerprint density at radius 1 is 1.15 bits per heavy atom. The topological polar surface area (TPSA) is 35.2 Å². The van der Waals surface area contributed by atoms with Crippen LogP contribution in [0.25, 0.3) is 0 Å². The lowest BCUT2D eigenvalue weighted by atomic mass is 10.0. The summed E-state index contributed by atoms with van der Waals surface area (Å²) in [5, 5.41) is 0.